The Labute approximate surface area is 189 Å². The lowest BCUT2D eigenvalue weighted by molar-refractivity contribution is -0.248. The zero-order valence-corrected chi connectivity index (χ0v) is 18.7. The van der Waals surface area contributed by atoms with Gasteiger partial charge < -0.3 is 10.4 Å². The van der Waals surface area contributed by atoms with E-state index in [0.29, 0.717) is 5.56 Å². The molecule has 0 heterocycles. The average molecular weight is 478 g/mol. The summed E-state index contributed by atoms with van der Waals surface area (Å²) in [5.74, 6) is -0.544. The Kier molecular flexibility index (Phi) is 6.67. The molecular weight excluding hydrogens is 455 g/mol. The number of rotatable bonds is 6. The highest BCUT2D eigenvalue weighted by molar-refractivity contribution is 7.91. The molecule has 1 atom stereocenters. The van der Waals surface area contributed by atoms with Crippen molar-refractivity contribution < 1.29 is 31.5 Å². The SMILES string of the molecule is CCS(=O)(=O)c1ccc(-c2cc(C(O)(c3ccccc3)C(F)(F)F)ccc2NC(C)=O)cc1. The van der Waals surface area contributed by atoms with Crippen LogP contribution in [0.15, 0.2) is 77.7 Å². The van der Waals surface area contributed by atoms with Crippen molar-refractivity contribution in [2.75, 3.05) is 11.1 Å². The highest BCUT2D eigenvalue weighted by Crippen LogP contribution is 2.46. The first-order chi connectivity index (χ1) is 15.4. The van der Waals surface area contributed by atoms with Gasteiger partial charge in [-0.25, -0.2) is 8.42 Å². The molecule has 3 aromatic rings. The first-order valence-corrected chi connectivity index (χ1v) is 11.7. The Morgan fingerprint density at radius 2 is 1.55 bits per heavy atom. The lowest BCUT2D eigenvalue weighted by atomic mass is 9.84. The van der Waals surface area contributed by atoms with E-state index in [2.05, 4.69) is 5.32 Å². The number of hydrogen-bond donors (Lipinski definition) is 2. The van der Waals surface area contributed by atoms with Crippen molar-refractivity contribution in [2.45, 2.75) is 30.5 Å². The minimum Gasteiger partial charge on any atom is -0.372 e. The van der Waals surface area contributed by atoms with E-state index >= 15 is 0 Å². The number of hydrogen-bond acceptors (Lipinski definition) is 4. The molecule has 2 N–H and O–H groups in total. The van der Waals surface area contributed by atoms with E-state index in [9.17, 15) is 31.5 Å². The fraction of sp³-hybridized carbons (Fsp3) is 0.208. The van der Waals surface area contributed by atoms with Crippen LogP contribution in [0.25, 0.3) is 11.1 Å². The third-order valence-electron chi connectivity index (χ3n) is 5.25. The number of carbonyl (C=O) groups excluding carboxylic acids is 1. The summed E-state index contributed by atoms with van der Waals surface area (Å²) in [6.07, 6.45) is -5.04. The maximum Gasteiger partial charge on any atom is 0.425 e. The molecule has 0 bridgehead atoms. The molecule has 0 aromatic heterocycles. The molecule has 33 heavy (non-hydrogen) atoms. The van der Waals surface area contributed by atoms with Crippen molar-refractivity contribution in [1.82, 2.24) is 0 Å². The fourth-order valence-corrected chi connectivity index (χ4v) is 4.37. The summed E-state index contributed by atoms with van der Waals surface area (Å²) < 4.78 is 66.7. The van der Waals surface area contributed by atoms with Crippen LogP contribution in [-0.2, 0) is 20.2 Å². The molecule has 3 rings (SSSR count). The number of amides is 1. The second-order valence-electron chi connectivity index (χ2n) is 7.44. The van der Waals surface area contributed by atoms with Gasteiger partial charge in [-0.15, -0.1) is 0 Å². The summed E-state index contributed by atoms with van der Waals surface area (Å²) in [5, 5.41) is 13.5. The van der Waals surface area contributed by atoms with E-state index in [4.69, 9.17) is 0 Å². The van der Waals surface area contributed by atoms with Crippen LogP contribution < -0.4 is 5.32 Å². The number of anilines is 1. The van der Waals surface area contributed by atoms with Crippen LogP contribution in [0.2, 0.25) is 0 Å². The second kappa shape index (κ2) is 8.99. The van der Waals surface area contributed by atoms with Gasteiger partial charge in [-0.2, -0.15) is 13.2 Å². The van der Waals surface area contributed by atoms with Crippen molar-refractivity contribution in [1.29, 1.82) is 0 Å². The van der Waals surface area contributed by atoms with Crippen LogP contribution >= 0.6 is 0 Å². The summed E-state index contributed by atoms with van der Waals surface area (Å²) in [4.78, 5) is 11.7. The van der Waals surface area contributed by atoms with Crippen LogP contribution in [0.3, 0.4) is 0 Å². The number of carbonyl (C=O) groups is 1. The van der Waals surface area contributed by atoms with Crippen LogP contribution in [-0.4, -0.2) is 31.4 Å². The number of sulfone groups is 1. The average Bonchev–Trinajstić information content (AvgIpc) is 2.78. The van der Waals surface area contributed by atoms with Crippen LogP contribution in [0, 0.1) is 0 Å². The third-order valence-corrected chi connectivity index (χ3v) is 7.00. The molecule has 9 heteroatoms. The van der Waals surface area contributed by atoms with Crippen molar-refractivity contribution >= 4 is 21.4 Å². The second-order valence-corrected chi connectivity index (χ2v) is 9.72. The summed E-state index contributed by atoms with van der Waals surface area (Å²) in [6, 6.07) is 15.8. The highest BCUT2D eigenvalue weighted by Gasteiger charge is 2.56. The Balaban J connectivity index is 2.23. The summed E-state index contributed by atoms with van der Waals surface area (Å²) >= 11 is 0. The van der Waals surface area contributed by atoms with Gasteiger partial charge in [-0.3, -0.25) is 4.79 Å². The molecule has 0 saturated carbocycles. The maximum absolute atomic E-state index is 14.2. The van der Waals surface area contributed by atoms with Crippen molar-refractivity contribution in [3.05, 3.63) is 83.9 Å². The first-order valence-electron chi connectivity index (χ1n) is 10.00. The molecule has 0 aliphatic carbocycles. The van der Waals surface area contributed by atoms with Crippen LogP contribution in [0.5, 0.6) is 0 Å². The Hall–Kier alpha value is -3.17. The highest BCUT2D eigenvalue weighted by atomic mass is 32.2. The Bertz CT molecular complexity index is 1260. The monoisotopic (exact) mass is 477 g/mol. The van der Waals surface area contributed by atoms with E-state index in [1.807, 2.05) is 0 Å². The van der Waals surface area contributed by atoms with Crippen molar-refractivity contribution in [3.63, 3.8) is 0 Å². The lowest BCUT2D eigenvalue weighted by Gasteiger charge is -2.32. The van der Waals surface area contributed by atoms with Gasteiger partial charge in [0.25, 0.3) is 0 Å². The fourth-order valence-electron chi connectivity index (χ4n) is 3.49. The topological polar surface area (TPSA) is 83.5 Å². The molecule has 0 fully saturated rings. The molecule has 3 aromatic carbocycles. The third kappa shape index (κ3) is 4.79. The predicted octanol–water partition coefficient (Wildman–Crippen LogP) is 4.90. The number of alkyl halides is 3. The van der Waals surface area contributed by atoms with Gasteiger partial charge in [0.05, 0.1) is 10.6 Å². The van der Waals surface area contributed by atoms with E-state index in [0.717, 1.165) is 12.1 Å². The van der Waals surface area contributed by atoms with Crippen LogP contribution in [0.4, 0.5) is 18.9 Å². The van der Waals surface area contributed by atoms with E-state index in [-0.39, 0.29) is 27.5 Å². The molecule has 1 unspecified atom stereocenters. The maximum atomic E-state index is 14.2. The molecule has 0 radical (unpaired) electrons. The smallest absolute Gasteiger partial charge is 0.372 e. The van der Waals surface area contributed by atoms with Gasteiger partial charge in [-0.1, -0.05) is 55.5 Å². The van der Waals surface area contributed by atoms with Gasteiger partial charge in [0.15, 0.2) is 9.84 Å². The molecule has 0 spiro atoms. The Morgan fingerprint density at radius 3 is 2.06 bits per heavy atom. The van der Waals surface area contributed by atoms with E-state index < -0.39 is 33.1 Å². The zero-order chi connectivity index (χ0) is 24.4. The summed E-state index contributed by atoms with van der Waals surface area (Å²) in [5.41, 5.74) is -3.33. The molecule has 0 aliphatic rings. The van der Waals surface area contributed by atoms with Gasteiger partial charge in [0, 0.05) is 18.2 Å². The molecule has 1 amide bonds. The lowest BCUT2D eigenvalue weighted by Crippen LogP contribution is -2.43. The molecule has 5 nitrogen and oxygen atoms in total. The van der Waals surface area contributed by atoms with Gasteiger partial charge >= 0.3 is 6.18 Å². The quantitative estimate of drug-likeness (QED) is 0.529. The predicted molar refractivity (Wildman–Crippen MR) is 119 cm³/mol. The minimum absolute atomic E-state index is 0.0714. The van der Waals surface area contributed by atoms with Gasteiger partial charge in [-0.05, 0) is 41.0 Å². The zero-order valence-electron chi connectivity index (χ0n) is 17.8. The van der Waals surface area contributed by atoms with E-state index in [1.165, 1.54) is 74.5 Å². The number of aliphatic hydroxyl groups is 1. The number of halogens is 3. The van der Waals surface area contributed by atoms with Crippen molar-refractivity contribution in [3.8, 4) is 11.1 Å². The Morgan fingerprint density at radius 1 is 0.939 bits per heavy atom. The first kappa shape index (κ1) is 24.5. The normalized spacial score (nSPS) is 13.9. The summed E-state index contributed by atoms with van der Waals surface area (Å²) in [6.45, 7) is 2.76. The molecule has 0 aliphatic heterocycles. The summed E-state index contributed by atoms with van der Waals surface area (Å²) in [7, 11) is -3.47. The van der Waals surface area contributed by atoms with Crippen LogP contribution in [0.1, 0.15) is 25.0 Å². The molecule has 0 saturated heterocycles. The van der Waals surface area contributed by atoms with E-state index in [1.54, 1.807) is 0 Å². The minimum atomic E-state index is -5.04. The number of nitrogens with one attached hydrogen (secondary N) is 1. The largest absolute Gasteiger partial charge is 0.425 e. The molecule has 174 valence electrons. The molecular formula is C24H22F3NO4S. The van der Waals surface area contributed by atoms with Gasteiger partial charge in [0.1, 0.15) is 0 Å². The standard InChI is InChI=1S/C24H22F3NO4S/c1-3-33(31,32)20-12-9-17(10-13-20)21-15-19(11-14-22(21)28-16(2)29)23(30,24(25,26)27)18-7-5-4-6-8-18/h4-15,30H,3H2,1-2H3,(H,28,29). The number of benzene rings is 3. The van der Waals surface area contributed by atoms with Gasteiger partial charge in [0.2, 0.25) is 11.5 Å². The van der Waals surface area contributed by atoms with Crippen molar-refractivity contribution in [2.24, 2.45) is 0 Å².